The number of aromatic amines is 1. The Morgan fingerprint density at radius 3 is 2.35 bits per heavy atom. The minimum absolute atomic E-state index is 0.0355. The summed E-state index contributed by atoms with van der Waals surface area (Å²) in [7, 11) is -1.81. The van der Waals surface area contributed by atoms with E-state index in [1.165, 1.54) is 10.5 Å². The van der Waals surface area contributed by atoms with Crippen molar-refractivity contribution >= 4 is 10.0 Å². The van der Waals surface area contributed by atoms with Gasteiger partial charge in [-0.1, -0.05) is 20.8 Å². The summed E-state index contributed by atoms with van der Waals surface area (Å²) in [6, 6.07) is 0.0355. The van der Waals surface area contributed by atoms with Crippen molar-refractivity contribution < 1.29 is 8.42 Å². The first-order chi connectivity index (χ1) is 7.97. The number of aryl methyl sites for hydroxylation is 1. The summed E-state index contributed by atoms with van der Waals surface area (Å²) in [5.74, 6) is 0.696. The monoisotopic (exact) mass is 259 g/mol. The zero-order valence-corrected chi connectivity index (χ0v) is 11.7. The third kappa shape index (κ3) is 2.87. The highest BCUT2D eigenvalue weighted by atomic mass is 32.2. The van der Waals surface area contributed by atoms with Crippen LogP contribution in [0.1, 0.15) is 39.4 Å². The molecule has 0 aliphatic carbocycles. The van der Waals surface area contributed by atoms with Crippen LogP contribution in [0.25, 0.3) is 0 Å². The Morgan fingerprint density at radius 2 is 1.94 bits per heavy atom. The number of imidazole rings is 1. The van der Waals surface area contributed by atoms with Crippen LogP contribution in [-0.4, -0.2) is 35.8 Å². The minimum atomic E-state index is -3.44. The van der Waals surface area contributed by atoms with E-state index < -0.39 is 10.0 Å². The Labute approximate surface area is 103 Å². The molecule has 0 fully saturated rings. The molecule has 0 radical (unpaired) electrons. The molecule has 1 N–H and O–H groups in total. The lowest BCUT2D eigenvalue weighted by Crippen LogP contribution is -2.36. The normalized spacial score (nSPS) is 12.6. The smallest absolute Gasteiger partial charge is 0.260 e. The zero-order chi connectivity index (χ0) is 13.1. The van der Waals surface area contributed by atoms with Crippen molar-refractivity contribution in [3.8, 4) is 0 Å². The van der Waals surface area contributed by atoms with Crippen LogP contribution in [-0.2, 0) is 16.4 Å². The number of nitrogens with zero attached hydrogens (tertiary/aromatic N) is 2. The Bertz CT molecular complexity index is 449. The van der Waals surface area contributed by atoms with Crippen LogP contribution < -0.4 is 0 Å². The number of sulfonamides is 1. The van der Waals surface area contributed by atoms with E-state index in [1.54, 1.807) is 7.05 Å². The second-order valence-corrected chi connectivity index (χ2v) is 6.01. The number of nitrogens with one attached hydrogen (secondary N) is 1. The van der Waals surface area contributed by atoms with Gasteiger partial charge in [0.1, 0.15) is 5.82 Å². The minimum Gasteiger partial charge on any atom is -0.332 e. The number of rotatable bonds is 6. The lowest BCUT2D eigenvalue weighted by Gasteiger charge is -2.24. The molecule has 1 heterocycles. The molecule has 1 rings (SSSR count). The summed E-state index contributed by atoms with van der Waals surface area (Å²) in [5, 5.41) is 0.184. The first-order valence-electron chi connectivity index (χ1n) is 5.99. The van der Waals surface area contributed by atoms with Gasteiger partial charge in [0.2, 0.25) is 0 Å². The van der Waals surface area contributed by atoms with Crippen molar-refractivity contribution in [1.82, 2.24) is 14.3 Å². The topological polar surface area (TPSA) is 66.1 Å². The highest BCUT2D eigenvalue weighted by molar-refractivity contribution is 7.89. The summed E-state index contributed by atoms with van der Waals surface area (Å²) in [4.78, 5) is 6.88. The first kappa shape index (κ1) is 14.2. The molecule has 17 heavy (non-hydrogen) atoms. The molecular formula is C11H21N3O2S. The third-order valence-electron chi connectivity index (χ3n) is 3.05. The van der Waals surface area contributed by atoms with E-state index in [-0.39, 0.29) is 11.1 Å². The van der Waals surface area contributed by atoms with Crippen molar-refractivity contribution in [3.05, 3.63) is 12.0 Å². The van der Waals surface area contributed by atoms with Gasteiger partial charge in [-0.05, 0) is 12.8 Å². The first-order valence-corrected chi connectivity index (χ1v) is 7.43. The van der Waals surface area contributed by atoms with Crippen LogP contribution in [0.15, 0.2) is 11.2 Å². The maximum absolute atomic E-state index is 12.3. The average molecular weight is 259 g/mol. The maximum atomic E-state index is 12.3. The summed E-state index contributed by atoms with van der Waals surface area (Å²) in [6.45, 7) is 5.91. The molecule has 6 heteroatoms. The highest BCUT2D eigenvalue weighted by Gasteiger charge is 2.27. The number of hydrogen-bond acceptors (Lipinski definition) is 3. The average Bonchev–Trinajstić information content (AvgIpc) is 2.79. The molecule has 0 bridgehead atoms. The second kappa shape index (κ2) is 5.64. The van der Waals surface area contributed by atoms with Gasteiger partial charge in [-0.15, -0.1) is 0 Å². The number of hydrogen-bond donors (Lipinski definition) is 1. The SMILES string of the molecule is CCc1ncc(S(=O)(=O)N(C)C(CC)CC)[nH]1. The fourth-order valence-corrected chi connectivity index (χ4v) is 3.24. The predicted molar refractivity (Wildman–Crippen MR) is 67.3 cm³/mol. The molecule has 0 unspecified atom stereocenters. The van der Waals surface area contributed by atoms with Gasteiger partial charge < -0.3 is 4.98 Å². The van der Waals surface area contributed by atoms with Gasteiger partial charge in [-0.2, -0.15) is 4.31 Å². The van der Waals surface area contributed by atoms with E-state index in [0.717, 1.165) is 12.8 Å². The summed E-state index contributed by atoms with van der Waals surface area (Å²) < 4.78 is 26.0. The number of aromatic nitrogens is 2. The van der Waals surface area contributed by atoms with E-state index in [1.807, 2.05) is 20.8 Å². The fourth-order valence-electron chi connectivity index (χ4n) is 1.81. The van der Waals surface area contributed by atoms with Gasteiger partial charge in [0.05, 0.1) is 6.20 Å². The van der Waals surface area contributed by atoms with Crippen LogP contribution in [0.5, 0.6) is 0 Å². The van der Waals surface area contributed by atoms with Crippen LogP contribution >= 0.6 is 0 Å². The van der Waals surface area contributed by atoms with E-state index in [4.69, 9.17) is 0 Å². The predicted octanol–water partition coefficient (Wildman–Crippen LogP) is 1.78. The summed E-state index contributed by atoms with van der Waals surface area (Å²) in [5.41, 5.74) is 0. The van der Waals surface area contributed by atoms with Crippen molar-refractivity contribution in [2.75, 3.05) is 7.05 Å². The van der Waals surface area contributed by atoms with Gasteiger partial charge in [-0.3, -0.25) is 0 Å². The molecule has 0 aliphatic rings. The maximum Gasteiger partial charge on any atom is 0.260 e. The second-order valence-electron chi connectivity index (χ2n) is 4.04. The molecule has 0 amide bonds. The van der Waals surface area contributed by atoms with Crippen molar-refractivity contribution in [1.29, 1.82) is 0 Å². The molecule has 1 aromatic heterocycles. The lowest BCUT2D eigenvalue weighted by atomic mass is 10.2. The lowest BCUT2D eigenvalue weighted by molar-refractivity contribution is 0.348. The largest absolute Gasteiger partial charge is 0.332 e. The standard InChI is InChI=1S/C11H21N3O2S/c1-5-9(6-2)14(4)17(15,16)11-8-12-10(7-3)13-11/h8-9H,5-7H2,1-4H3,(H,12,13). The Hall–Kier alpha value is -0.880. The summed E-state index contributed by atoms with van der Waals surface area (Å²) in [6.07, 6.45) is 3.71. The molecule has 5 nitrogen and oxygen atoms in total. The van der Waals surface area contributed by atoms with Crippen LogP contribution in [0.2, 0.25) is 0 Å². The molecule has 1 aromatic rings. The third-order valence-corrected chi connectivity index (χ3v) is 4.87. The quantitative estimate of drug-likeness (QED) is 0.847. The van der Waals surface area contributed by atoms with Crippen LogP contribution in [0.3, 0.4) is 0 Å². The number of H-pyrrole nitrogens is 1. The van der Waals surface area contributed by atoms with Gasteiger partial charge >= 0.3 is 0 Å². The van der Waals surface area contributed by atoms with E-state index in [2.05, 4.69) is 9.97 Å². The van der Waals surface area contributed by atoms with Crippen LogP contribution in [0, 0.1) is 0 Å². The highest BCUT2D eigenvalue weighted by Crippen LogP contribution is 2.17. The van der Waals surface area contributed by atoms with Crippen molar-refractivity contribution in [2.45, 2.75) is 51.1 Å². The van der Waals surface area contributed by atoms with E-state index in [0.29, 0.717) is 12.2 Å². The van der Waals surface area contributed by atoms with Crippen molar-refractivity contribution in [3.63, 3.8) is 0 Å². The Balaban J connectivity index is 3.01. The molecule has 0 aliphatic heterocycles. The molecule has 0 aromatic carbocycles. The molecule has 0 saturated carbocycles. The summed E-state index contributed by atoms with van der Waals surface area (Å²) >= 11 is 0. The van der Waals surface area contributed by atoms with Crippen LogP contribution in [0.4, 0.5) is 0 Å². The fraction of sp³-hybridized carbons (Fsp3) is 0.727. The van der Waals surface area contributed by atoms with Gasteiger partial charge in [0.25, 0.3) is 10.0 Å². The van der Waals surface area contributed by atoms with Gasteiger partial charge in [0, 0.05) is 19.5 Å². The Kier molecular flexibility index (Phi) is 4.70. The molecule has 98 valence electrons. The molecular weight excluding hydrogens is 238 g/mol. The molecule has 0 spiro atoms. The van der Waals surface area contributed by atoms with E-state index in [9.17, 15) is 8.42 Å². The van der Waals surface area contributed by atoms with E-state index >= 15 is 0 Å². The van der Waals surface area contributed by atoms with Gasteiger partial charge in [-0.25, -0.2) is 13.4 Å². The Morgan fingerprint density at radius 1 is 1.35 bits per heavy atom. The van der Waals surface area contributed by atoms with Gasteiger partial charge in [0.15, 0.2) is 5.03 Å². The molecule has 0 atom stereocenters. The van der Waals surface area contributed by atoms with Crippen molar-refractivity contribution in [2.24, 2.45) is 0 Å². The zero-order valence-electron chi connectivity index (χ0n) is 10.9. The molecule has 0 saturated heterocycles.